The molecular weight excluding hydrogens is 316 g/mol. The second kappa shape index (κ2) is 6.42. The van der Waals surface area contributed by atoms with Crippen molar-refractivity contribution < 1.29 is 16.8 Å². The lowest BCUT2D eigenvalue weighted by molar-refractivity contribution is 0.431. The van der Waals surface area contributed by atoms with Gasteiger partial charge in [0, 0.05) is 25.2 Å². The summed E-state index contributed by atoms with van der Waals surface area (Å²) in [5, 5.41) is 9.42. The van der Waals surface area contributed by atoms with E-state index in [0.717, 1.165) is 0 Å². The summed E-state index contributed by atoms with van der Waals surface area (Å²) in [7, 11) is -6.89. The molecule has 0 radical (unpaired) electrons. The molecule has 21 heavy (non-hydrogen) atoms. The lowest BCUT2D eigenvalue weighted by Crippen LogP contribution is -2.34. The number of nitrogens with zero attached hydrogens (tertiary/aromatic N) is 2. The van der Waals surface area contributed by atoms with Crippen molar-refractivity contribution in [2.75, 3.05) is 31.1 Å². The monoisotopic (exact) mass is 336 g/mol. The molecule has 120 valence electrons. The van der Waals surface area contributed by atoms with E-state index in [0.29, 0.717) is 25.1 Å². The highest BCUT2D eigenvalue weighted by Crippen LogP contribution is 2.19. The Morgan fingerprint density at radius 2 is 2.14 bits per heavy atom. The van der Waals surface area contributed by atoms with Crippen LogP contribution in [0.4, 0.5) is 0 Å². The number of aromatic nitrogens is 2. The maximum Gasteiger partial charge on any atom is 0.260 e. The van der Waals surface area contributed by atoms with Gasteiger partial charge in [-0.1, -0.05) is 6.92 Å². The predicted octanol–water partition coefficient (Wildman–Crippen LogP) is -0.672. The first kappa shape index (κ1) is 16.4. The van der Waals surface area contributed by atoms with E-state index in [9.17, 15) is 16.8 Å². The van der Waals surface area contributed by atoms with Crippen molar-refractivity contribution in [3.63, 3.8) is 0 Å². The van der Waals surface area contributed by atoms with Gasteiger partial charge in [0.15, 0.2) is 14.9 Å². The first-order chi connectivity index (χ1) is 9.87. The average Bonchev–Trinajstić information content (AvgIpc) is 2.81. The third-order valence-electron chi connectivity index (χ3n) is 3.36. The van der Waals surface area contributed by atoms with Crippen molar-refractivity contribution in [2.24, 2.45) is 0 Å². The second-order valence-electron chi connectivity index (χ2n) is 4.91. The molecule has 2 rings (SSSR count). The quantitative estimate of drug-likeness (QED) is 0.737. The van der Waals surface area contributed by atoms with Gasteiger partial charge < -0.3 is 5.32 Å². The van der Waals surface area contributed by atoms with Gasteiger partial charge in [0.05, 0.1) is 17.7 Å². The fourth-order valence-corrected chi connectivity index (χ4v) is 5.16. The molecule has 1 aromatic heterocycles. The molecule has 0 bridgehead atoms. The number of sulfone groups is 1. The van der Waals surface area contributed by atoms with E-state index in [1.165, 1.54) is 10.5 Å². The summed E-state index contributed by atoms with van der Waals surface area (Å²) < 4.78 is 49.7. The number of hydrogen-bond acceptors (Lipinski definition) is 6. The number of hydrogen-bond donors (Lipinski definition) is 2. The Hall–Kier alpha value is -0.970. The third kappa shape index (κ3) is 3.82. The summed E-state index contributed by atoms with van der Waals surface area (Å²) in [6.45, 7) is 3.24. The molecule has 0 amide bonds. The molecule has 0 aromatic carbocycles. The van der Waals surface area contributed by atoms with Crippen molar-refractivity contribution in [3.8, 4) is 0 Å². The Kier molecular flexibility index (Phi) is 5.02. The molecule has 2 N–H and O–H groups in total. The van der Waals surface area contributed by atoms with E-state index >= 15 is 0 Å². The molecule has 1 saturated heterocycles. The van der Waals surface area contributed by atoms with E-state index < -0.39 is 19.9 Å². The van der Waals surface area contributed by atoms with Crippen LogP contribution < -0.4 is 5.32 Å². The summed E-state index contributed by atoms with van der Waals surface area (Å²) in [6, 6.07) is 0. The topological polar surface area (TPSA) is 112 Å². The molecule has 0 aliphatic carbocycles. The number of sulfonamides is 1. The highest BCUT2D eigenvalue weighted by Gasteiger charge is 2.31. The van der Waals surface area contributed by atoms with Crippen LogP contribution in [0.25, 0.3) is 0 Å². The lowest BCUT2D eigenvalue weighted by Gasteiger charge is -2.19. The van der Waals surface area contributed by atoms with Crippen molar-refractivity contribution in [2.45, 2.75) is 24.9 Å². The number of nitrogens with one attached hydrogen (secondary N) is 2. The van der Waals surface area contributed by atoms with E-state index in [2.05, 4.69) is 15.5 Å². The van der Waals surface area contributed by atoms with Gasteiger partial charge in [-0.2, -0.15) is 9.40 Å². The molecule has 2 heterocycles. The van der Waals surface area contributed by atoms with Crippen LogP contribution in [0, 0.1) is 0 Å². The first-order valence-corrected chi connectivity index (χ1v) is 10.1. The summed E-state index contributed by atoms with van der Waals surface area (Å²) in [4.78, 5) is 0. The van der Waals surface area contributed by atoms with Crippen molar-refractivity contribution in [3.05, 3.63) is 11.8 Å². The molecule has 0 unspecified atom stereocenters. The van der Waals surface area contributed by atoms with Crippen molar-refractivity contribution >= 4 is 19.9 Å². The molecule has 1 aliphatic rings. The maximum atomic E-state index is 12.6. The van der Waals surface area contributed by atoms with Gasteiger partial charge in [-0.05, 0) is 13.0 Å². The summed E-state index contributed by atoms with van der Waals surface area (Å²) >= 11 is 0. The number of H-pyrrole nitrogens is 1. The molecule has 0 spiro atoms. The Labute approximate surface area is 124 Å². The minimum Gasteiger partial charge on any atom is -0.313 e. The van der Waals surface area contributed by atoms with Crippen molar-refractivity contribution in [1.29, 1.82) is 0 Å². The predicted molar refractivity (Wildman–Crippen MR) is 78.0 cm³/mol. The van der Waals surface area contributed by atoms with E-state index in [1.807, 2.05) is 6.92 Å². The molecular formula is C11H20N4O4S2. The zero-order valence-corrected chi connectivity index (χ0v) is 13.5. The maximum absolute atomic E-state index is 12.6. The smallest absolute Gasteiger partial charge is 0.260 e. The van der Waals surface area contributed by atoms with Crippen LogP contribution in [0.3, 0.4) is 0 Å². The molecule has 0 atom stereocenters. The summed E-state index contributed by atoms with van der Waals surface area (Å²) in [5.41, 5.74) is 0.559. The van der Waals surface area contributed by atoms with Crippen LogP contribution in [-0.2, 0) is 26.4 Å². The van der Waals surface area contributed by atoms with Crippen LogP contribution in [-0.4, -0.2) is 62.5 Å². The van der Waals surface area contributed by atoms with Gasteiger partial charge in [0.25, 0.3) is 10.0 Å². The largest absolute Gasteiger partial charge is 0.313 e. The van der Waals surface area contributed by atoms with Gasteiger partial charge in [-0.25, -0.2) is 16.8 Å². The highest BCUT2D eigenvalue weighted by molar-refractivity contribution is 7.91. The van der Waals surface area contributed by atoms with Crippen LogP contribution in [0.1, 0.15) is 18.9 Å². The first-order valence-electron chi connectivity index (χ1n) is 6.80. The Morgan fingerprint density at radius 1 is 1.38 bits per heavy atom. The highest BCUT2D eigenvalue weighted by atomic mass is 32.2. The average molecular weight is 336 g/mol. The number of aromatic amines is 1. The second-order valence-corrected chi connectivity index (χ2v) is 9.09. The zero-order chi connectivity index (χ0) is 15.5. The van der Waals surface area contributed by atoms with Gasteiger partial charge in [-0.3, -0.25) is 5.10 Å². The normalized spacial score (nSPS) is 20.2. The van der Waals surface area contributed by atoms with Crippen LogP contribution in [0.2, 0.25) is 0 Å². The lowest BCUT2D eigenvalue weighted by atomic mass is 10.3. The fourth-order valence-electron chi connectivity index (χ4n) is 2.19. The van der Waals surface area contributed by atoms with Gasteiger partial charge in [-0.15, -0.1) is 0 Å². The van der Waals surface area contributed by atoms with Crippen molar-refractivity contribution in [1.82, 2.24) is 19.8 Å². The van der Waals surface area contributed by atoms with Gasteiger partial charge in [0.1, 0.15) is 0 Å². The molecule has 1 aliphatic heterocycles. The van der Waals surface area contributed by atoms with Crippen LogP contribution >= 0.6 is 0 Å². The van der Waals surface area contributed by atoms with E-state index in [1.54, 1.807) is 0 Å². The van der Waals surface area contributed by atoms with Crippen LogP contribution in [0.15, 0.2) is 11.2 Å². The number of rotatable bonds is 5. The standard InChI is InChI=1S/C11H20N4O4S2/c1-2-12-8-10-9-13-14-11(10)21(18,19)15-4-3-6-20(16,17)7-5-15/h9,12H,2-8H2,1H3,(H,13,14). The molecule has 0 saturated carbocycles. The SMILES string of the molecule is CCNCc1cn[nH]c1S(=O)(=O)N1CCCS(=O)(=O)CC1. The Balaban J connectivity index is 2.24. The fraction of sp³-hybridized carbons (Fsp3) is 0.727. The van der Waals surface area contributed by atoms with Gasteiger partial charge >= 0.3 is 0 Å². The Morgan fingerprint density at radius 3 is 2.86 bits per heavy atom. The van der Waals surface area contributed by atoms with E-state index in [4.69, 9.17) is 0 Å². The molecule has 10 heteroatoms. The summed E-state index contributed by atoms with van der Waals surface area (Å²) in [6.07, 6.45) is 1.79. The van der Waals surface area contributed by atoms with E-state index in [-0.39, 0.29) is 29.6 Å². The van der Waals surface area contributed by atoms with Crippen LogP contribution in [0.5, 0.6) is 0 Å². The Bertz CT molecular complexity index is 681. The zero-order valence-electron chi connectivity index (χ0n) is 11.9. The molecule has 8 nitrogen and oxygen atoms in total. The third-order valence-corrected chi connectivity index (χ3v) is 6.99. The summed E-state index contributed by atoms with van der Waals surface area (Å²) in [5.74, 6) is -0.102. The minimum atomic E-state index is -3.74. The van der Waals surface area contributed by atoms with Gasteiger partial charge in [0.2, 0.25) is 0 Å². The molecule has 1 aromatic rings. The minimum absolute atomic E-state index is 0.00959. The molecule has 1 fully saturated rings.